The van der Waals surface area contributed by atoms with Crippen LogP contribution in [0.25, 0.3) is 0 Å². The Balaban J connectivity index is 2.05. The van der Waals surface area contributed by atoms with Crippen LogP contribution >= 0.6 is 11.8 Å². The second kappa shape index (κ2) is 6.21. The largest absolute Gasteiger partial charge is 0.321 e. The molecule has 0 unspecified atom stereocenters. The van der Waals surface area contributed by atoms with Crippen molar-refractivity contribution >= 4 is 23.4 Å². The maximum atomic E-state index is 11.9. The first kappa shape index (κ1) is 12.6. The Morgan fingerprint density at radius 1 is 1.28 bits per heavy atom. The summed E-state index contributed by atoms with van der Waals surface area (Å²) in [5.41, 5.74) is 2.58. The van der Waals surface area contributed by atoms with Gasteiger partial charge in [0.05, 0.1) is 11.9 Å². The summed E-state index contributed by atoms with van der Waals surface area (Å²) in [6.45, 7) is 0. The van der Waals surface area contributed by atoms with Crippen LogP contribution in [0.15, 0.2) is 48.8 Å². The number of hydrogen-bond donors (Lipinski definition) is 1. The molecule has 4 heteroatoms. The topological polar surface area (TPSA) is 42.0 Å². The Morgan fingerprint density at radius 3 is 2.67 bits per heavy atom. The van der Waals surface area contributed by atoms with Crippen molar-refractivity contribution in [1.82, 2.24) is 4.98 Å². The quantitative estimate of drug-likeness (QED) is 0.915. The van der Waals surface area contributed by atoms with Gasteiger partial charge in [0.1, 0.15) is 0 Å². The van der Waals surface area contributed by atoms with Crippen molar-refractivity contribution < 1.29 is 4.79 Å². The zero-order chi connectivity index (χ0) is 12.8. The normalized spacial score (nSPS) is 10.1. The second-order valence-electron chi connectivity index (χ2n) is 3.83. The van der Waals surface area contributed by atoms with Gasteiger partial charge < -0.3 is 5.32 Å². The lowest BCUT2D eigenvalue weighted by molar-refractivity contribution is 0.102. The Labute approximate surface area is 111 Å². The van der Waals surface area contributed by atoms with Crippen LogP contribution in [0.4, 0.5) is 5.69 Å². The van der Waals surface area contributed by atoms with Gasteiger partial charge in [-0.2, -0.15) is 11.8 Å². The van der Waals surface area contributed by atoms with E-state index < -0.39 is 0 Å². The van der Waals surface area contributed by atoms with Crippen molar-refractivity contribution in [2.45, 2.75) is 5.75 Å². The molecule has 2 rings (SSSR count). The fourth-order valence-electron chi connectivity index (χ4n) is 1.56. The molecule has 0 saturated carbocycles. The number of carbonyl (C=O) groups excluding carboxylic acids is 1. The molecule has 0 spiro atoms. The van der Waals surface area contributed by atoms with Crippen molar-refractivity contribution in [1.29, 1.82) is 0 Å². The zero-order valence-corrected chi connectivity index (χ0v) is 10.9. The van der Waals surface area contributed by atoms with Crippen LogP contribution in [-0.4, -0.2) is 17.1 Å². The zero-order valence-electron chi connectivity index (χ0n) is 10.1. The average Bonchev–Trinajstić information content (AvgIpc) is 2.41. The lowest BCUT2D eigenvalue weighted by Crippen LogP contribution is -2.11. The van der Waals surface area contributed by atoms with Crippen LogP contribution in [-0.2, 0) is 5.75 Å². The Kier molecular flexibility index (Phi) is 4.36. The number of thioether (sulfide) groups is 1. The molecule has 92 valence electrons. The van der Waals surface area contributed by atoms with Gasteiger partial charge in [-0.1, -0.05) is 12.1 Å². The summed E-state index contributed by atoms with van der Waals surface area (Å²) in [5.74, 6) is 0.850. The van der Waals surface area contributed by atoms with Gasteiger partial charge in [-0.05, 0) is 36.1 Å². The van der Waals surface area contributed by atoms with E-state index in [1.807, 2.05) is 30.3 Å². The molecule has 1 amide bonds. The fourth-order valence-corrected chi connectivity index (χ4v) is 2.08. The van der Waals surface area contributed by atoms with E-state index in [1.54, 1.807) is 30.2 Å². The van der Waals surface area contributed by atoms with Crippen LogP contribution in [0.3, 0.4) is 0 Å². The van der Waals surface area contributed by atoms with Gasteiger partial charge in [-0.3, -0.25) is 9.78 Å². The number of carbonyl (C=O) groups is 1. The highest BCUT2D eigenvalue weighted by Crippen LogP contribution is 2.12. The van der Waals surface area contributed by atoms with E-state index in [4.69, 9.17) is 0 Å². The summed E-state index contributed by atoms with van der Waals surface area (Å²) >= 11 is 1.76. The second-order valence-corrected chi connectivity index (χ2v) is 4.69. The lowest BCUT2D eigenvalue weighted by atomic mass is 10.1. The van der Waals surface area contributed by atoms with Gasteiger partial charge in [0.15, 0.2) is 0 Å². The number of pyridine rings is 1. The van der Waals surface area contributed by atoms with Gasteiger partial charge in [-0.25, -0.2) is 0 Å². The molecule has 0 aliphatic heterocycles. The van der Waals surface area contributed by atoms with E-state index in [0.29, 0.717) is 11.3 Å². The molecule has 1 heterocycles. The minimum atomic E-state index is -0.112. The summed E-state index contributed by atoms with van der Waals surface area (Å²) in [6.07, 6.45) is 5.36. The van der Waals surface area contributed by atoms with Crippen molar-refractivity contribution in [3.8, 4) is 0 Å². The SMILES string of the molecule is CSCc1ccc(C(=O)Nc2cccnc2)cc1. The van der Waals surface area contributed by atoms with Crippen LogP contribution in [0.2, 0.25) is 0 Å². The molecule has 0 aliphatic rings. The molecule has 1 N–H and O–H groups in total. The van der Waals surface area contributed by atoms with Crippen molar-refractivity contribution in [3.05, 3.63) is 59.9 Å². The van der Waals surface area contributed by atoms with E-state index in [9.17, 15) is 4.79 Å². The number of nitrogens with zero attached hydrogens (tertiary/aromatic N) is 1. The van der Waals surface area contributed by atoms with E-state index in [1.165, 1.54) is 5.56 Å². The molecule has 2 aromatic rings. The smallest absolute Gasteiger partial charge is 0.255 e. The number of anilines is 1. The molecule has 0 radical (unpaired) electrons. The molecule has 0 bridgehead atoms. The molecule has 0 saturated heterocycles. The highest BCUT2D eigenvalue weighted by molar-refractivity contribution is 7.97. The predicted octanol–water partition coefficient (Wildman–Crippen LogP) is 3.20. The molecule has 0 atom stereocenters. The molecule has 1 aromatic heterocycles. The average molecular weight is 258 g/mol. The summed E-state index contributed by atoms with van der Waals surface area (Å²) in [6, 6.07) is 11.3. The minimum Gasteiger partial charge on any atom is -0.321 e. The van der Waals surface area contributed by atoms with E-state index in [-0.39, 0.29) is 5.91 Å². The maximum absolute atomic E-state index is 11.9. The molecule has 3 nitrogen and oxygen atoms in total. The summed E-state index contributed by atoms with van der Waals surface area (Å²) in [5, 5.41) is 2.80. The van der Waals surface area contributed by atoms with E-state index in [0.717, 1.165) is 5.75 Å². The number of rotatable bonds is 4. The first-order valence-electron chi connectivity index (χ1n) is 5.59. The Bertz CT molecular complexity index is 511. The molecule has 1 aromatic carbocycles. The number of amides is 1. The molecular formula is C14H14N2OS. The van der Waals surface area contributed by atoms with Gasteiger partial charge in [0.25, 0.3) is 5.91 Å². The predicted molar refractivity (Wildman–Crippen MR) is 75.9 cm³/mol. The summed E-state index contributed by atoms with van der Waals surface area (Å²) in [4.78, 5) is 15.9. The Hall–Kier alpha value is -1.81. The van der Waals surface area contributed by atoms with Crippen LogP contribution in [0.1, 0.15) is 15.9 Å². The van der Waals surface area contributed by atoms with E-state index >= 15 is 0 Å². The minimum absolute atomic E-state index is 0.112. The van der Waals surface area contributed by atoms with Crippen LogP contribution in [0.5, 0.6) is 0 Å². The third-order valence-corrected chi connectivity index (χ3v) is 3.07. The molecule has 18 heavy (non-hydrogen) atoms. The van der Waals surface area contributed by atoms with E-state index in [2.05, 4.69) is 16.6 Å². The highest BCUT2D eigenvalue weighted by atomic mass is 32.2. The van der Waals surface area contributed by atoms with Gasteiger partial charge in [0.2, 0.25) is 0 Å². The van der Waals surface area contributed by atoms with Crippen molar-refractivity contribution in [3.63, 3.8) is 0 Å². The number of hydrogen-bond acceptors (Lipinski definition) is 3. The summed E-state index contributed by atoms with van der Waals surface area (Å²) in [7, 11) is 0. The third-order valence-electron chi connectivity index (χ3n) is 2.45. The molecular weight excluding hydrogens is 244 g/mol. The Morgan fingerprint density at radius 2 is 2.06 bits per heavy atom. The van der Waals surface area contributed by atoms with Crippen molar-refractivity contribution in [2.75, 3.05) is 11.6 Å². The van der Waals surface area contributed by atoms with Gasteiger partial charge in [-0.15, -0.1) is 0 Å². The monoisotopic (exact) mass is 258 g/mol. The van der Waals surface area contributed by atoms with Crippen LogP contribution < -0.4 is 5.32 Å². The maximum Gasteiger partial charge on any atom is 0.255 e. The highest BCUT2D eigenvalue weighted by Gasteiger charge is 2.05. The van der Waals surface area contributed by atoms with Crippen molar-refractivity contribution in [2.24, 2.45) is 0 Å². The lowest BCUT2D eigenvalue weighted by Gasteiger charge is -2.05. The number of aromatic nitrogens is 1. The number of nitrogens with one attached hydrogen (secondary N) is 1. The third kappa shape index (κ3) is 3.34. The number of benzene rings is 1. The first-order valence-corrected chi connectivity index (χ1v) is 6.98. The molecule has 0 aliphatic carbocycles. The van der Waals surface area contributed by atoms with Gasteiger partial charge >= 0.3 is 0 Å². The van der Waals surface area contributed by atoms with Gasteiger partial charge in [0, 0.05) is 17.5 Å². The first-order chi connectivity index (χ1) is 8.79. The molecule has 0 fully saturated rings. The standard InChI is InChI=1S/C14H14N2OS/c1-18-10-11-4-6-12(7-5-11)14(17)16-13-3-2-8-15-9-13/h2-9H,10H2,1H3,(H,16,17). The fraction of sp³-hybridized carbons (Fsp3) is 0.143. The van der Waals surface area contributed by atoms with Crippen LogP contribution in [0, 0.1) is 0 Å². The summed E-state index contributed by atoms with van der Waals surface area (Å²) < 4.78 is 0.